The van der Waals surface area contributed by atoms with E-state index in [9.17, 15) is 4.79 Å². The van der Waals surface area contributed by atoms with Crippen molar-refractivity contribution < 1.29 is 4.79 Å². The van der Waals surface area contributed by atoms with Gasteiger partial charge in [0, 0.05) is 23.2 Å². The largest absolute Gasteiger partial charge is 0.354 e. The van der Waals surface area contributed by atoms with Crippen LogP contribution in [0.1, 0.15) is 30.0 Å². The Hall–Kier alpha value is -1.78. The van der Waals surface area contributed by atoms with Crippen LogP contribution in [-0.2, 0) is 11.2 Å². The molecule has 132 valence electrons. The molecule has 4 heteroatoms. The van der Waals surface area contributed by atoms with Crippen molar-refractivity contribution in [2.75, 3.05) is 25.9 Å². The molecule has 1 aliphatic rings. The van der Waals surface area contributed by atoms with Gasteiger partial charge < -0.3 is 5.32 Å². The molecule has 0 spiro atoms. The molecule has 0 bridgehead atoms. The van der Waals surface area contributed by atoms with Crippen LogP contribution in [0.25, 0.3) is 0 Å². The number of carbonyl (C=O) groups is 1. The van der Waals surface area contributed by atoms with Crippen molar-refractivity contribution in [2.24, 2.45) is 0 Å². The lowest BCUT2D eigenvalue weighted by molar-refractivity contribution is -0.122. The number of carbonyl (C=O) groups excluding carboxylic acids is 1. The number of hydrogen-bond donors (Lipinski definition) is 1. The van der Waals surface area contributed by atoms with E-state index < -0.39 is 0 Å². The van der Waals surface area contributed by atoms with E-state index >= 15 is 0 Å². The quantitative estimate of drug-likeness (QED) is 0.604. The first-order valence-corrected chi connectivity index (χ1v) is 9.95. The second-order valence-corrected chi connectivity index (χ2v) is 7.70. The molecule has 0 saturated carbocycles. The summed E-state index contributed by atoms with van der Waals surface area (Å²) in [7, 11) is 2.06. The van der Waals surface area contributed by atoms with Gasteiger partial charge in [-0.2, -0.15) is 0 Å². The number of likely N-dealkylation sites (N-methyl/N-ethyl adjacent to an activating group) is 1. The molecular weight excluding hydrogens is 328 g/mol. The monoisotopic (exact) mass is 354 g/mol. The zero-order valence-electron chi connectivity index (χ0n) is 14.8. The molecule has 1 N–H and O–H groups in total. The number of nitrogens with zero attached hydrogens (tertiary/aromatic N) is 1. The number of rotatable bonds is 7. The lowest BCUT2D eigenvalue weighted by Crippen LogP contribution is -2.38. The molecule has 0 saturated heterocycles. The highest BCUT2D eigenvalue weighted by Crippen LogP contribution is 2.33. The Balaban J connectivity index is 1.44. The van der Waals surface area contributed by atoms with Crippen molar-refractivity contribution in [3.8, 4) is 0 Å². The van der Waals surface area contributed by atoms with Crippen LogP contribution in [0.2, 0.25) is 0 Å². The number of thioether (sulfide) groups is 1. The van der Waals surface area contributed by atoms with Crippen LogP contribution in [0.5, 0.6) is 0 Å². The fourth-order valence-electron chi connectivity index (χ4n) is 3.45. The zero-order valence-corrected chi connectivity index (χ0v) is 15.6. The normalized spacial score (nSPS) is 16.5. The average Bonchev–Trinajstić information content (AvgIpc) is 2.65. The summed E-state index contributed by atoms with van der Waals surface area (Å²) in [5.41, 5.74) is 2.83. The summed E-state index contributed by atoms with van der Waals surface area (Å²) in [5, 5.41) is 3.05. The Morgan fingerprint density at radius 2 is 1.92 bits per heavy atom. The van der Waals surface area contributed by atoms with E-state index in [0.29, 0.717) is 19.1 Å². The highest BCUT2D eigenvalue weighted by Gasteiger charge is 2.24. The van der Waals surface area contributed by atoms with Crippen molar-refractivity contribution in [1.82, 2.24) is 10.2 Å². The minimum atomic E-state index is 0.110. The van der Waals surface area contributed by atoms with Gasteiger partial charge in [0.05, 0.1) is 6.54 Å². The number of benzene rings is 2. The molecule has 3 nitrogen and oxygen atoms in total. The van der Waals surface area contributed by atoms with Gasteiger partial charge in [-0.3, -0.25) is 9.69 Å². The van der Waals surface area contributed by atoms with Gasteiger partial charge in [0.1, 0.15) is 0 Å². The standard InChI is InChI=1S/C21H26N2OS/c1-23(20-13-7-9-17-8-5-6-12-19(17)20)16-21(24)22-14-15-25-18-10-3-2-4-11-18/h2-6,8,10-12,20H,7,9,13-16H2,1H3,(H,22,24)/t20-/m0/s1. The second-order valence-electron chi connectivity index (χ2n) is 6.53. The summed E-state index contributed by atoms with van der Waals surface area (Å²) in [6.07, 6.45) is 3.48. The molecule has 2 aromatic carbocycles. The van der Waals surface area contributed by atoms with Gasteiger partial charge in [-0.25, -0.2) is 0 Å². The number of amides is 1. The summed E-state index contributed by atoms with van der Waals surface area (Å²) in [6, 6.07) is 19.3. The Morgan fingerprint density at radius 1 is 1.16 bits per heavy atom. The fraction of sp³-hybridized carbons (Fsp3) is 0.381. The predicted molar refractivity (Wildman–Crippen MR) is 105 cm³/mol. The lowest BCUT2D eigenvalue weighted by atomic mass is 9.87. The van der Waals surface area contributed by atoms with Crippen molar-refractivity contribution in [3.05, 3.63) is 65.7 Å². The first-order chi connectivity index (χ1) is 12.2. The van der Waals surface area contributed by atoms with Crippen LogP contribution in [0.15, 0.2) is 59.5 Å². The Bertz CT molecular complexity index is 689. The van der Waals surface area contributed by atoms with Crippen LogP contribution < -0.4 is 5.32 Å². The van der Waals surface area contributed by atoms with E-state index in [1.165, 1.54) is 22.4 Å². The third-order valence-corrected chi connectivity index (χ3v) is 5.71. The third-order valence-electron chi connectivity index (χ3n) is 4.70. The summed E-state index contributed by atoms with van der Waals surface area (Å²) in [5.74, 6) is 1.00. The molecule has 25 heavy (non-hydrogen) atoms. The molecule has 2 aromatic rings. The van der Waals surface area contributed by atoms with Gasteiger partial charge in [0.15, 0.2) is 0 Å². The van der Waals surface area contributed by atoms with Crippen molar-refractivity contribution in [3.63, 3.8) is 0 Å². The minimum absolute atomic E-state index is 0.110. The van der Waals surface area contributed by atoms with E-state index in [-0.39, 0.29) is 5.91 Å². The number of nitrogens with one attached hydrogen (secondary N) is 1. The van der Waals surface area contributed by atoms with Crippen LogP contribution in [0, 0.1) is 0 Å². The van der Waals surface area contributed by atoms with Gasteiger partial charge in [-0.1, -0.05) is 42.5 Å². The lowest BCUT2D eigenvalue weighted by Gasteiger charge is -2.32. The molecule has 3 rings (SSSR count). The van der Waals surface area contributed by atoms with E-state index in [4.69, 9.17) is 0 Å². The number of hydrogen-bond acceptors (Lipinski definition) is 3. The maximum absolute atomic E-state index is 12.3. The Kier molecular flexibility index (Phi) is 6.54. The van der Waals surface area contributed by atoms with Gasteiger partial charge in [0.2, 0.25) is 5.91 Å². The van der Waals surface area contributed by atoms with Crippen molar-refractivity contribution in [1.29, 1.82) is 0 Å². The van der Waals surface area contributed by atoms with Gasteiger partial charge in [0.25, 0.3) is 0 Å². The first-order valence-electron chi connectivity index (χ1n) is 8.96. The van der Waals surface area contributed by atoms with E-state index in [2.05, 4.69) is 53.7 Å². The third kappa shape index (κ3) is 5.10. The minimum Gasteiger partial charge on any atom is -0.354 e. The zero-order chi connectivity index (χ0) is 17.5. The number of aryl methyl sites for hydroxylation is 1. The van der Waals surface area contributed by atoms with Gasteiger partial charge in [-0.05, 0) is 49.6 Å². The molecule has 1 atom stereocenters. The van der Waals surface area contributed by atoms with Crippen LogP contribution in [-0.4, -0.2) is 36.7 Å². The molecule has 1 amide bonds. The maximum Gasteiger partial charge on any atom is 0.234 e. The summed E-state index contributed by atoms with van der Waals surface area (Å²) < 4.78 is 0. The predicted octanol–water partition coefficient (Wildman–Crippen LogP) is 3.90. The van der Waals surface area contributed by atoms with Gasteiger partial charge in [-0.15, -0.1) is 11.8 Å². The fourth-order valence-corrected chi connectivity index (χ4v) is 4.24. The van der Waals surface area contributed by atoms with E-state index in [0.717, 1.165) is 18.6 Å². The molecular formula is C21H26N2OS. The van der Waals surface area contributed by atoms with Crippen LogP contribution >= 0.6 is 11.8 Å². The smallest absolute Gasteiger partial charge is 0.234 e. The average molecular weight is 355 g/mol. The summed E-state index contributed by atoms with van der Waals surface area (Å²) >= 11 is 1.77. The molecule has 0 fully saturated rings. The van der Waals surface area contributed by atoms with Crippen LogP contribution in [0.4, 0.5) is 0 Å². The van der Waals surface area contributed by atoms with Gasteiger partial charge >= 0.3 is 0 Å². The summed E-state index contributed by atoms with van der Waals surface area (Å²) in [4.78, 5) is 15.7. The van der Waals surface area contributed by atoms with Crippen molar-refractivity contribution >= 4 is 17.7 Å². The summed E-state index contributed by atoms with van der Waals surface area (Å²) in [6.45, 7) is 1.16. The van der Waals surface area contributed by atoms with E-state index in [1.807, 2.05) is 18.2 Å². The first kappa shape index (κ1) is 18.0. The molecule has 1 aliphatic carbocycles. The molecule has 0 radical (unpaired) electrons. The second kappa shape index (κ2) is 9.07. The number of fused-ring (bicyclic) bond motifs is 1. The highest BCUT2D eigenvalue weighted by atomic mass is 32.2. The van der Waals surface area contributed by atoms with E-state index in [1.54, 1.807) is 11.8 Å². The Morgan fingerprint density at radius 3 is 2.76 bits per heavy atom. The SMILES string of the molecule is CN(CC(=O)NCCSc1ccccc1)[C@H]1CCCc2ccccc21. The van der Waals surface area contributed by atoms with Crippen LogP contribution in [0.3, 0.4) is 0 Å². The van der Waals surface area contributed by atoms with Crippen molar-refractivity contribution in [2.45, 2.75) is 30.2 Å². The molecule has 0 heterocycles. The topological polar surface area (TPSA) is 32.3 Å². The highest BCUT2D eigenvalue weighted by molar-refractivity contribution is 7.99. The molecule has 0 aromatic heterocycles. The Labute approximate surface area is 154 Å². The maximum atomic E-state index is 12.3. The molecule has 0 aliphatic heterocycles. The molecule has 0 unspecified atom stereocenters.